The number of carbonyl (C=O) groups excluding carboxylic acids is 1. The summed E-state index contributed by atoms with van der Waals surface area (Å²) >= 11 is 2.01. The van der Waals surface area contributed by atoms with Crippen molar-refractivity contribution in [2.24, 2.45) is 0 Å². The summed E-state index contributed by atoms with van der Waals surface area (Å²) in [5, 5.41) is 3.03. The Morgan fingerprint density at radius 2 is 1.88 bits per heavy atom. The van der Waals surface area contributed by atoms with Crippen LogP contribution in [-0.4, -0.2) is 60.8 Å². The lowest BCUT2D eigenvalue weighted by Crippen LogP contribution is -2.49. The summed E-state index contributed by atoms with van der Waals surface area (Å²) in [6, 6.07) is 6.17. The minimum absolute atomic E-state index is 0.0430. The number of ether oxygens (including phenoxy) is 1. The fourth-order valence-electron chi connectivity index (χ4n) is 3.44. The van der Waals surface area contributed by atoms with Gasteiger partial charge in [0.05, 0.1) is 12.2 Å². The smallest absolute Gasteiger partial charge is 0.322 e. The Balaban J connectivity index is 1.64. The van der Waals surface area contributed by atoms with Gasteiger partial charge in [-0.3, -0.25) is 0 Å². The number of amides is 2. The molecule has 2 aliphatic heterocycles. The molecule has 1 N–H and O–H groups in total. The zero-order chi connectivity index (χ0) is 17.1. The summed E-state index contributed by atoms with van der Waals surface area (Å²) < 4.78 is 5.69. The van der Waals surface area contributed by atoms with Gasteiger partial charge in [-0.25, -0.2) is 4.79 Å². The van der Waals surface area contributed by atoms with Crippen molar-refractivity contribution in [3.05, 3.63) is 23.8 Å². The van der Waals surface area contributed by atoms with E-state index in [-0.39, 0.29) is 18.2 Å². The van der Waals surface area contributed by atoms with Crippen LogP contribution < -0.4 is 10.2 Å². The van der Waals surface area contributed by atoms with E-state index in [1.807, 2.05) is 36.6 Å². The number of nitrogens with zero attached hydrogens (tertiary/aromatic N) is 2. The van der Waals surface area contributed by atoms with Crippen molar-refractivity contribution in [1.29, 1.82) is 0 Å². The van der Waals surface area contributed by atoms with Crippen LogP contribution in [0.5, 0.6) is 0 Å². The predicted molar refractivity (Wildman–Crippen MR) is 101 cm³/mol. The second-order valence-electron chi connectivity index (χ2n) is 6.69. The molecule has 1 aromatic carbocycles. The van der Waals surface area contributed by atoms with Crippen LogP contribution in [-0.2, 0) is 4.74 Å². The molecular formula is C18H27N3O2S. The number of benzene rings is 1. The number of nitrogens with one attached hydrogen (secondary N) is 1. The summed E-state index contributed by atoms with van der Waals surface area (Å²) in [6.07, 6.45) is 0.168. The maximum Gasteiger partial charge on any atom is 0.322 e. The van der Waals surface area contributed by atoms with Crippen LogP contribution in [0.1, 0.15) is 19.4 Å². The summed E-state index contributed by atoms with van der Waals surface area (Å²) in [6.45, 7) is 9.60. The van der Waals surface area contributed by atoms with Gasteiger partial charge in [-0.15, -0.1) is 0 Å². The maximum absolute atomic E-state index is 12.5. The first kappa shape index (κ1) is 17.4. The Morgan fingerprint density at radius 1 is 1.21 bits per heavy atom. The Hall–Kier alpha value is -1.40. The van der Waals surface area contributed by atoms with Crippen molar-refractivity contribution >= 4 is 29.2 Å². The molecule has 2 heterocycles. The number of anilines is 2. The van der Waals surface area contributed by atoms with Crippen LogP contribution in [0.4, 0.5) is 16.2 Å². The van der Waals surface area contributed by atoms with E-state index >= 15 is 0 Å². The lowest BCUT2D eigenvalue weighted by molar-refractivity contribution is -0.0530. The first-order valence-electron chi connectivity index (χ1n) is 8.67. The van der Waals surface area contributed by atoms with E-state index in [0.717, 1.165) is 18.8 Å². The van der Waals surface area contributed by atoms with Gasteiger partial charge < -0.3 is 19.9 Å². The molecule has 0 aromatic heterocycles. The van der Waals surface area contributed by atoms with Gasteiger partial charge in [-0.05, 0) is 44.5 Å². The molecule has 6 heteroatoms. The van der Waals surface area contributed by atoms with E-state index in [1.54, 1.807) is 0 Å². The molecular weight excluding hydrogens is 322 g/mol. The van der Waals surface area contributed by atoms with E-state index in [1.165, 1.54) is 22.8 Å². The van der Waals surface area contributed by atoms with Crippen LogP contribution in [0.3, 0.4) is 0 Å². The van der Waals surface area contributed by atoms with Crippen molar-refractivity contribution in [3.63, 3.8) is 0 Å². The van der Waals surface area contributed by atoms with Crippen LogP contribution in [0.2, 0.25) is 0 Å². The van der Waals surface area contributed by atoms with Crippen molar-refractivity contribution < 1.29 is 9.53 Å². The van der Waals surface area contributed by atoms with Gasteiger partial charge >= 0.3 is 6.03 Å². The number of carbonyl (C=O) groups is 1. The number of hydrogen-bond acceptors (Lipinski definition) is 4. The summed E-state index contributed by atoms with van der Waals surface area (Å²) in [4.78, 5) is 16.8. The van der Waals surface area contributed by atoms with E-state index in [4.69, 9.17) is 4.74 Å². The van der Waals surface area contributed by atoms with Crippen LogP contribution in [0, 0.1) is 6.92 Å². The van der Waals surface area contributed by atoms with Gasteiger partial charge in [0.25, 0.3) is 0 Å². The van der Waals surface area contributed by atoms with Gasteiger partial charge in [-0.2, -0.15) is 11.8 Å². The highest BCUT2D eigenvalue weighted by atomic mass is 32.2. The molecule has 132 valence electrons. The molecule has 5 nitrogen and oxygen atoms in total. The zero-order valence-corrected chi connectivity index (χ0v) is 15.6. The number of thioether (sulfide) groups is 1. The highest BCUT2D eigenvalue weighted by Gasteiger charge is 2.26. The highest BCUT2D eigenvalue weighted by molar-refractivity contribution is 7.99. The minimum atomic E-state index is -0.0430. The van der Waals surface area contributed by atoms with Crippen molar-refractivity contribution in [3.8, 4) is 0 Å². The second kappa shape index (κ2) is 7.66. The largest absolute Gasteiger partial charge is 0.372 e. The van der Waals surface area contributed by atoms with Crippen LogP contribution in [0.25, 0.3) is 0 Å². The van der Waals surface area contributed by atoms with Crippen molar-refractivity contribution in [2.45, 2.75) is 33.0 Å². The van der Waals surface area contributed by atoms with E-state index in [9.17, 15) is 4.79 Å². The molecule has 24 heavy (non-hydrogen) atoms. The Kier molecular flexibility index (Phi) is 5.56. The Labute approximate surface area is 148 Å². The molecule has 0 spiro atoms. The Morgan fingerprint density at radius 3 is 2.50 bits per heavy atom. The number of rotatable bonds is 2. The molecule has 2 aliphatic rings. The summed E-state index contributed by atoms with van der Waals surface area (Å²) in [5.41, 5.74) is 3.35. The first-order valence-corrected chi connectivity index (χ1v) is 9.83. The van der Waals surface area contributed by atoms with E-state index in [0.29, 0.717) is 13.1 Å². The van der Waals surface area contributed by atoms with E-state index in [2.05, 4.69) is 29.3 Å². The molecule has 3 rings (SSSR count). The number of urea groups is 1. The fourth-order valence-corrected chi connectivity index (χ4v) is 4.34. The second-order valence-corrected chi connectivity index (χ2v) is 7.92. The zero-order valence-electron chi connectivity index (χ0n) is 14.7. The van der Waals surface area contributed by atoms with Gasteiger partial charge in [0, 0.05) is 49.1 Å². The maximum atomic E-state index is 12.5. The van der Waals surface area contributed by atoms with Gasteiger partial charge in [0.1, 0.15) is 0 Å². The molecule has 2 fully saturated rings. The third kappa shape index (κ3) is 4.16. The molecule has 1 aromatic rings. The molecule has 0 saturated carbocycles. The molecule has 0 unspecified atom stereocenters. The minimum Gasteiger partial charge on any atom is -0.372 e. The first-order chi connectivity index (χ1) is 11.5. The quantitative estimate of drug-likeness (QED) is 0.891. The van der Waals surface area contributed by atoms with Gasteiger partial charge in [0.15, 0.2) is 0 Å². The lowest BCUT2D eigenvalue weighted by Gasteiger charge is -2.35. The van der Waals surface area contributed by atoms with E-state index < -0.39 is 0 Å². The van der Waals surface area contributed by atoms with Gasteiger partial charge in [-0.1, -0.05) is 0 Å². The third-order valence-electron chi connectivity index (χ3n) is 4.51. The number of morpholine rings is 1. The topological polar surface area (TPSA) is 44.8 Å². The molecule has 2 saturated heterocycles. The van der Waals surface area contributed by atoms with Crippen LogP contribution in [0.15, 0.2) is 18.2 Å². The highest BCUT2D eigenvalue weighted by Crippen LogP contribution is 2.26. The average Bonchev–Trinajstić information content (AvgIpc) is 2.55. The Bertz CT molecular complexity index is 580. The normalized spacial score (nSPS) is 24.8. The summed E-state index contributed by atoms with van der Waals surface area (Å²) in [7, 11) is 0. The predicted octanol–water partition coefficient (Wildman–Crippen LogP) is 3.19. The summed E-state index contributed by atoms with van der Waals surface area (Å²) in [5.74, 6) is 2.37. The monoisotopic (exact) mass is 349 g/mol. The van der Waals surface area contributed by atoms with Gasteiger partial charge in [0.2, 0.25) is 0 Å². The molecule has 0 radical (unpaired) electrons. The molecule has 2 amide bonds. The molecule has 2 atom stereocenters. The SMILES string of the molecule is Cc1cc(NC(=O)N2C[C@@H](C)O[C@H](C)C2)ccc1N1CCSCC1. The number of hydrogen-bond donors (Lipinski definition) is 1. The van der Waals surface area contributed by atoms with Crippen LogP contribution >= 0.6 is 11.8 Å². The van der Waals surface area contributed by atoms with Crippen molar-refractivity contribution in [1.82, 2.24) is 4.90 Å². The van der Waals surface area contributed by atoms with Crippen molar-refractivity contribution in [2.75, 3.05) is 47.9 Å². The molecule has 0 bridgehead atoms. The third-order valence-corrected chi connectivity index (χ3v) is 5.45. The standard InChI is InChI=1S/C18H27N3O2S/c1-13-10-16(4-5-17(13)20-6-8-24-9-7-20)19-18(22)21-11-14(2)23-15(3)12-21/h4-5,10,14-15H,6-9,11-12H2,1-3H3,(H,19,22)/t14-,15-/m1/s1. The lowest BCUT2D eigenvalue weighted by atomic mass is 10.1. The molecule has 0 aliphatic carbocycles. The fraction of sp³-hybridized carbons (Fsp3) is 0.611. The average molecular weight is 350 g/mol. The number of aryl methyl sites for hydroxylation is 1.